The van der Waals surface area contributed by atoms with Crippen LogP contribution < -0.4 is 5.32 Å². The number of amides is 1. The molecule has 2 atom stereocenters. The van der Waals surface area contributed by atoms with Gasteiger partial charge in [0.15, 0.2) is 0 Å². The standard InChI is InChI=1S/C52H99NO5/c1-3-5-7-9-11-13-15-16-17-18-21-25-28-32-36-40-44-50(55)49(48-54)53-51(56)45-41-37-33-29-26-22-19-20-23-27-31-35-39-43-47-58-52(57)46-42-38-34-30-24-14-12-10-8-6-4-2/h10,12,40,44,49-50,54-55H,3-9,11,13-39,41-43,45-48H2,1-2H3,(H,53,56)/b12-10-,44-40+. The number of esters is 1. The number of hydrogen-bond donors (Lipinski definition) is 3. The predicted octanol–water partition coefficient (Wildman–Crippen LogP) is 15.1. The summed E-state index contributed by atoms with van der Waals surface area (Å²) in [6, 6.07) is -0.635. The summed E-state index contributed by atoms with van der Waals surface area (Å²) in [4.78, 5) is 24.4. The van der Waals surface area contributed by atoms with E-state index in [2.05, 4.69) is 31.3 Å². The first-order chi connectivity index (χ1) is 28.5. The molecule has 0 aromatic heterocycles. The van der Waals surface area contributed by atoms with Crippen molar-refractivity contribution in [2.24, 2.45) is 0 Å². The summed E-state index contributed by atoms with van der Waals surface area (Å²) >= 11 is 0. The van der Waals surface area contributed by atoms with Crippen molar-refractivity contribution in [1.82, 2.24) is 5.32 Å². The average Bonchev–Trinajstić information content (AvgIpc) is 3.22. The molecule has 0 aliphatic heterocycles. The lowest BCUT2D eigenvalue weighted by Crippen LogP contribution is -2.45. The van der Waals surface area contributed by atoms with Gasteiger partial charge in [-0.3, -0.25) is 9.59 Å². The van der Waals surface area contributed by atoms with E-state index in [0.29, 0.717) is 19.4 Å². The van der Waals surface area contributed by atoms with Gasteiger partial charge in [-0.1, -0.05) is 231 Å². The molecule has 0 saturated carbocycles. The Morgan fingerprint density at radius 2 is 0.828 bits per heavy atom. The van der Waals surface area contributed by atoms with Crippen LogP contribution >= 0.6 is 0 Å². The molecule has 58 heavy (non-hydrogen) atoms. The number of hydrogen-bond acceptors (Lipinski definition) is 5. The number of rotatable bonds is 47. The van der Waals surface area contributed by atoms with Crippen LogP contribution in [-0.2, 0) is 14.3 Å². The average molecular weight is 818 g/mol. The predicted molar refractivity (Wildman–Crippen MR) is 250 cm³/mol. The van der Waals surface area contributed by atoms with E-state index in [4.69, 9.17) is 4.74 Å². The van der Waals surface area contributed by atoms with Gasteiger partial charge in [0.2, 0.25) is 5.91 Å². The minimum Gasteiger partial charge on any atom is -0.466 e. The van der Waals surface area contributed by atoms with Crippen LogP contribution in [-0.4, -0.2) is 47.4 Å². The van der Waals surface area contributed by atoms with Gasteiger partial charge in [0.1, 0.15) is 0 Å². The zero-order valence-corrected chi connectivity index (χ0v) is 38.8. The van der Waals surface area contributed by atoms with Crippen molar-refractivity contribution in [3.8, 4) is 0 Å². The lowest BCUT2D eigenvalue weighted by atomic mass is 10.0. The number of ether oxygens (including phenoxy) is 1. The summed E-state index contributed by atoms with van der Waals surface area (Å²) in [5.41, 5.74) is 0. The van der Waals surface area contributed by atoms with Crippen molar-refractivity contribution in [2.75, 3.05) is 13.2 Å². The monoisotopic (exact) mass is 818 g/mol. The van der Waals surface area contributed by atoms with Gasteiger partial charge in [-0.15, -0.1) is 0 Å². The smallest absolute Gasteiger partial charge is 0.305 e. The fourth-order valence-corrected chi connectivity index (χ4v) is 7.73. The maximum atomic E-state index is 12.4. The zero-order valence-electron chi connectivity index (χ0n) is 38.8. The highest BCUT2D eigenvalue weighted by Crippen LogP contribution is 2.16. The van der Waals surface area contributed by atoms with Crippen molar-refractivity contribution in [1.29, 1.82) is 0 Å². The maximum absolute atomic E-state index is 12.4. The van der Waals surface area contributed by atoms with E-state index in [1.165, 1.54) is 186 Å². The van der Waals surface area contributed by atoms with Gasteiger partial charge in [-0.25, -0.2) is 0 Å². The Hall–Kier alpha value is -1.66. The molecule has 0 aliphatic rings. The van der Waals surface area contributed by atoms with Gasteiger partial charge >= 0.3 is 5.97 Å². The van der Waals surface area contributed by atoms with Crippen molar-refractivity contribution in [3.63, 3.8) is 0 Å². The van der Waals surface area contributed by atoms with Crippen LogP contribution in [0, 0.1) is 0 Å². The minimum atomic E-state index is -0.851. The number of carbonyl (C=O) groups excluding carboxylic acids is 2. The van der Waals surface area contributed by atoms with Crippen molar-refractivity contribution < 1.29 is 24.5 Å². The fourth-order valence-electron chi connectivity index (χ4n) is 7.73. The summed E-state index contributed by atoms with van der Waals surface area (Å²) in [6.45, 7) is 4.84. The number of carbonyl (C=O) groups is 2. The fraction of sp³-hybridized carbons (Fsp3) is 0.885. The number of aliphatic hydroxyl groups is 2. The molecular formula is C52H99NO5. The third kappa shape index (κ3) is 43.9. The van der Waals surface area contributed by atoms with Crippen LogP contribution in [0.25, 0.3) is 0 Å². The van der Waals surface area contributed by atoms with E-state index in [1.807, 2.05) is 6.08 Å². The van der Waals surface area contributed by atoms with Crippen LogP contribution in [0.15, 0.2) is 24.3 Å². The second-order valence-electron chi connectivity index (χ2n) is 17.5. The molecule has 0 fully saturated rings. The minimum absolute atomic E-state index is 0.0148. The summed E-state index contributed by atoms with van der Waals surface area (Å²) in [5, 5.41) is 23.1. The highest BCUT2D eigenvalue weighted by molar-refractivity contribution is 5.76. The topological polar surface area (TPSA) is 95.9 Å². The Balaban J connectivity index is 3.49. The van der Waals surface area contributed by atoms with Crippen LogP contribution in [0.3, 0.4) is 0 Å². The summed E-state index contributed by atoms with van der Waals surface area (Å²) in [6.07, 6.45) is 56.0. The van der Waals surface area contributed by atoms with Gasteiger partial charge < -0.3 is 20.3 Å². The first kappa shape index (κ1) is 56.3. The molecule has 6 heteroatoms. The van der Waals surface area contributed by atoms with Gasteiger partial charge in [-0.05, 0) is 51.4 Å². The van der Waals surface area contributed by atoms with Crippen molar-refractivity contribution in [2.45, 2.75) is 283 Å². The highest BCUT2D eigenvalue weighted by Gasteiger charge is 2.18. The molecule has 0 radical (unpaired) electrons. The van der Waals surface area contributed by atoms with E-state index in [1.54, 1.807) is 6.08 Å². The Bertz CT molecular complexity index is 904. The molecule has 0 heterocycles. The quantitative estimate of drug-likeness (QED) is 0.0323. The molecule has 3 N–H and O–H groups in total. The first-order valence-corrected chi connectivity index (χ1v) is 25.6. The molecule has 0 aromatic carbocycles. The van der Waals surface area contributed by atoms with Crippen LogP contribution in [0.2, 0.25) is 0 Å². The number of nitrogens with one attached hydrogen (secondary N) is 1. The van der Waals surface area contributed by atoms with E-state index >= 15 is 0 Å². The van der Waals surface area contributed by atoms with Crippen LogP contribution in [0.1, 0.15) is 271 Å². The summed E-state index contributed by atoms with van der Waals surface area (Å²) in [7, 11) is 0. The van der Waals surface area contributed by atoms with Gasteiger partial charge in [0, 0.05) is 12.8 Å². The number of aliphatic hydroxyl groups excluding tert-OH is 2. The van der Waals surface area contributed by atoms with Gasteiger partial charge in [0.25, 0.3) is 0 Å². The lowest BCUT2D eigenvalue weighted by Gasteiger charge is -2.20. The third-order valence-corrected chi connectivity index (χ3v) is 11.7. The molecule has 1 amide bonds. The van der Waals surface area contributed by atoms with Crippen molar-refractivity contribution >= 4 is 11.9 Å². The number of unbranched alkanes of at least 4 members (excludes halogenated alkanes) is 34. The number of allylic oxidation sites excluding steroid dienone is 3. The molecule has 0 rings (SSSR count). The summed E-state index contributed by atoms with van der Waals surface area (Å²) in [5.74, 6) is -0.0930. The van der Waals surface area contributed by atoms with E-state index in [9.17, 15) is 19.8 Å². The second kappa shape index (κ2) is 48.0. The van der Waals surface area contributed by atoms with Gasteiger partial charge in [0.05, 0.1) is 25.4 Å². The highest BCUT2D eigenvalue weighted by atomic mass is 16.5. The van der Waals surface area contributed by atoms with E-state index < -0.39 is 12.1 Å². The molecule has 0 aromatic rings. The van der Waals surface area contributed by atoms with Gasteiger partial charge in [-0.2, -0.15) is 0 Å². The first-order valence-electron chi connectivity index (χ1n) is 25.6. The second-order valence-corrected chi connectivity index (χ2v) is 17.5. The Morgan fingerprint density at radius 1 is 0.466 bits per heavy atom. The molecule has 0 bridgehead atoms. The van der Waals surface area contributed by atoms with E-state index in [0.717, 1.165) is 57.8 Å². The zero-order chi connectivity index (χ0) is 42.3. The molecule has 0 spiro atoms. The Labute approximate surface area is 361 Å². The molecular weight excluding hydrogens is 719 g/mol. The third-order valence-electron chi connectivity index (χ3n) is 11.7. The van der Waals surface area contributed by atoms with Crippen molar-refractivity contribution in [3.05, 3.63) is 24.3 Å². The Kier molecular flexibility index (Phi) is 46.6. The largest absolute Gasteiger partial charge is 0.466 e. The molecule has 6 nitrogen and oxygen atoms in total. The Morgan fingerprint density at radius 3 is 1.28 bits per heavy atom. The lowest BCUT2D eigenvalue weighted by molar-refractivity contribution is -0.143. The molecule has 0 saturated heterocycles. The SMILES string of the molecule is CCCC/C=C\CCCCCCCC(=O)OCCCCCCCCCCCCCCCCC(=O)NC(CO)C(O)/C=C/CCCCCCCCCCCCCCCC. The molecule has 0 aliphatic carbocycles. The normalized spacial score (nSPS) is 12.8. The summed E-state index contributed by atoms with van der Waals surface area (Å²) < 4.78 is 5.44. The molecule has 2 unspecified atom stereocenters. The van der Waals surface area contributed by atoms with Crippen LogP contribution in [0.5, 0.6) is 0 Å². The molecule has 342 valence electrons. The van der Waals surface area contributed by atoms with E-state index in [-0.39, 0.29) is 18.5 Å². The van der Waals surface area contributed by atoms with Crippen LogP contribution in [0.4, 0.5) is 0 Å². The maximum Gasteiger partial charge on any atom is 0.305 e.